The van der Waals surface area contributed by atoms with Gasteiger partial charge < -0.3 is 10.1 Å². The smallest absolute Gasteiger partial charge is 0.372 e. The summed E-state index contributed by atoms with van der Waals surface area (Å²) in [6.07, 6.45) is 4.78. The van der Waals surface area contributed by atoms with Crippen LogP contribution in [0.4, 0.5) is 11.5 Å². The van der Waals surface area contributed by atoms with Crippen molar-refractivity contribution in [3.05, 3.63) is 46.0 Å². The quantitative estimate of drug-likeness (QED) is 0.618. The lowest BCUT2D eigenvalue weighted by atomic mass is 10.2. The van der Waals surface area contributed by atoms with E-state index in [9.17, 15) is 10.1 Å². The molecule has 0 saturated heterocycles. The molecule has 0 saturated carbocycles. The third-order valence-electron chi connectivity index (χ3n) is 2.96. The highest BCUT2D eigenvalue weighted by molar-refractivity contribution is 5.61. The Bertz CT molecular complexity index is 648. The van der Waals surface area contributed by atoms with Gasteiger partial charge in [0.1, 0.15) is 5.82 Å². The van der Waals surface area contributed by atoms with Crippen LogP contribution in [0.25, 0.3) is 0 Å². The minimum Gasteiger partial charge on any atom is -0.476 e. The molecule has 2 aromatic rings. The summed E-state index contributed by atoms with van der Waals surface area (Å²) in [5, 5.41) is 14.3. The molecule has 0 aliphatic carbocycles. The summed E-state index contributed by atoms with van der Waals surface area (Å²) in [5.74, 6) is 0.653. The highest BCUT2D eigenvalue weighted by atomic mass is 16.6. The number of anilines is 1. The molecule has 2 aromatic heterocycles. The first kappa shape index (κ1) is 15.6. The van der Waals surface area contributed by atoms with Crippen molar-refractivity contribution in [3.8, 4) is 5.88 Å². The Kier molecular flexibility index (Phi) is 5.18. The van der Waals surface area contributed by atoms with E-state index in [1.807, 2.05) is 19.1 Å². The molecule has 0 atom stereocenters. The number of ether oxygens (including phenoxy) is 1. The summed E-state index contributed by atoms with van der Waals surface area (Å²) < 4.78 is 5.04. The number of aromatic nitrogens is 3. The van der Waals surface area contributed by atoms with Gasteiger partial charge in [-0.25, -0.2) is 4.98 Å². The molecule has 1 N–H and O–H groups in total. The fourth-order valence-corrected chi connectivity index (χ4v) is 1.93. The molecule has 116 valence electrons. The van der Waals surface area contributed by atoms with Gasteiger partial charge in [-0.3, -0.25) is 15.1 Å². The number of nitrogens with one attached hydrogen (secondary N) is 1. The molecular weight excluding hydrogens is 286 g/mol. The third-order valence-corrected chi connectivity index (χ3v) is 2.96. The molecule has 0 aliphatic rings. The fraction of sp³-hybridized carbons (Fsp3) is 0.357. The maximum atomic E-state index is 11.3. The number of nitrogens with zero attached hydrogens (tertiary/aromatic N) is 4. The van der Waals surface area contributed by atoms with E-state index in [0.717, 1.165) is 12.0 Å². The zero-order valence-corrected chi connectivity index (χ0v) is 12.4. The lowest BCUT2D eigenvalue weighted by Gasteiger charge is -2.10. The molecule has 0 aromatic carbocycles. The van der Waals surface area contributed by atoms with E-state index in [1.54, 1.807) is 12.4 Å². The van der Waals surface area contributed by atoms with Crippen LogP contribution >= 0.6 is 0 Å². The van der Waals surface area contributed by atoms with Crippen LogP contribution in [0.1, 0.15) is 24.7 Å². The Morgan fingerprint density at radius 1 is 1.32 bits per heavy atom. The number of hydrogen-bond acceptors (Lipinski definition) is 7. The van der Waals surface area contributed by atoms with E-state index in [0.29, 0.717) is 18.8 Å². The fourth-order valence-electron chi connectivity index (χ4n) is 1.93. The van der Waals surface area contributed by atoms with Gasteiger partial charge in [0.2, 0.25) is 5.82 Å². The van der Waals surface area contributed by atoms with Crippen molar-refractivity contribution in [1.82, 2.24) is 15.0 Å². The number of aryl methyl sites for hydroxylation is 1. The van der Waals surface area contributed by atoms with Gasteiger partial charge in [0.15, 0.2) is 0 Å². The lowest BCUT2D eigenvalue weighted by Crippen LogP contribution is -2.10. The average molecular weight is 303 g/mol. The summed E-state index contributed by atoms with van der Waals surface area (Å²) in [6.45, 7) is 2.39. The predicted molar refractivity (Wildman–Crippen MR) is 80.8 cm³/mol. The molecule has 0 aliphatic heterocycles. The molecule has 0 amide bonds. The van der Waals surface area contributed by atoms with Crippen LogP contribution < -0.4 is 10.1 Å². The summed E-state index contributed by atoms with van der Waals surface area (Å²) in [6, 6.07) is 3.65. The first-order valence-electron chi connectivity index (χ1n) is 6.87. The first-order valence-corrected chi connectivity index (χ1v) is 6.87. The van der Waals surface area contributed by atoms with Crippen LogP contribution in [0.5, 0.6) is 5.88 Å². The van der Waals surface area contributed by atoms with Gasteiger partial charge in [-0.05, 0) is 24.1 Å². The highest BCUT2D eigenvalue weighted by Crippen LogP contribution is 2.32. The second-order valence-corrected chi connectivity index (χ2v) is 4.56. The van der Waals surface area contributed by atoms with Crippen molar-refractivity contribution in [2.75, 3.05) is 12.4 Å². The van der Waals surface area contributed by atoms with Gasteiger partial charge in [0.25, 0.3) is 5.88 Å². The minimum atomic E-state index is -0.538. The van der Waals surface area contributed by atoms with Gasteiger partial charge in [-0.1, -0.05) is 6.92 Å². The van der Waals surface area contributed by atoms with Crippen LogP contribution in [0, 0.1) is 10.1 Å². The van der Waals surface area contributed by atoms with E-state index in [1.165, 1.54) is 7.11 Å². The second-order valence-electron chi connectivity index (χ2n) is 4.56. The molecular formula is C14H17N5O3. The van der Waals surface area contributed by atoms with Crippen molar-refractivity contribution in [2.45, 2.75) is 26.3 Å². The van der Waals surface area contributed by atoms with E-state index in [2.05, 4.69) is 20.3 Å². The second kappa shape index (κ2) is 7.30. The minimum absolute atomic E-state index is 0.0271. The average Bonchev–Trinajstić information content (AvgIpc) is 2.53. The van der Waals surface area contributed by atoms with Gasteiger partial charge in [0.05, 0.1) is 12.0 Å². The number of pyridine rings is 1. The van der Waals surface area contributed by atoms with Crippen molar-refractivity contribution < 1.29 is 9.66 Å². The molecule has 0 bridgehead atoms. The van der Waals surface area contributed by atoms with Crippen LogP contribution in [-0.4, -0.2) is 27.0 Å². The van der Waals surface area contributed by atoms with E-state index in [4.69, 9.17) is 4.74 Å². The summed E-state index contributed by atoms with van der Waals surface area (Å²) in [7, 11) is 1.36. The standard InChI is InChI=1S/C14H17N5O3/c1-3-4-11-17-13(12(19(20)21)14(18-11)22-2)16-9-10-5-7-15-8-6-10/h5-8H,3-4,9H2,1-2H3,(H,16,17,18). The monoisotopic (exact) mass is 303 g/mol. The van der Waals surface area contributed by atoms with Gasteiger partial charge in [-0.2, -0.15) is 4.98 Å². The van der Waals surface area contributed by atoms with Crippen molar-refractivity contribution in [2.24, 2.45) is 0 Å². The van der Waals surface area contributed by atoms with Gasteiger partial charge in [0, 0.05) is 25.4 Å². The topological polar surface area (TPSA) is 103 Å². The Hall–Kier alpha value is -2.77. The molecule has 0 spiro atoms. The predicted octanol–water partition coefficient (Wildman–Crippen LogP) is 2.35. The first-order chi connectivity index (χ1) is 10.7. The Balaban J connectivity index is 2.33. The molecule has 0 unspecified atom stereocenters. The number of methoxy groups -OCH3 is 1. The summed E-state index contributed by atoms with van der Waals surface area (Å²) in [4.78, 5) is 23.0. The van der Waals surface area contributed by atoms with E-state index in [-0.39, 0.29) is 17.4 Å². The molecule has 8 heteroatoms. The molecule has 0 fully saturated rings. The number of nitro groups is 1. The van der Waals surface area contributed by atoms with Crippen molar-refractivity contribution in [3.63, 3.8) is 0 Å². The maximum Gasteiger partial charge on any atom is 0.372 e. The zero-order valence-electron chi connectivity index (χ0n) is 12.4. The van der Waals surface area contributed by atoms with Crippen LogP contribution in [0.3, 0.4) is 0 Å². The molecule has 0 radical (unpaired) electrons. The number of rotatable bonds is 7. The Labute approximate surface area is 127 Å². The normalized spacial score (nSPS) is 10.3. The molecule has 22 heavy (non-hydrogen) atoms. The largest absolute Gasteiger partial charge is 0.476 e. The zero-order chi connectivity index (χ0) is 15.9. The van der Waals surface area contributed by atoms with E-state index >= 15 is 0 Å². The Morgan fingerprint density at radius 2 is 2.05 bits per heavy atom. The third kappa shape index (κ3) is 3.66. The summed E-state index contributed by atoms with van der Waals surface area (Å²) in [5.41, 5.74) is 0.690. The molecule has 2 heterocycles. The van der Waals surface area contributed by atoms with Crippen LogP contribution in [0.2, 0.25) is 0 Å². The molecule has 2 rings (SSSR count). The van der Waals surface area contributed by atoms with Gasteiger partial charge in [-0.15, -0.1) is 0 Å². The van der Waals surface area contributed by atoms with Crippen molar-refractivity contribution in [1.29, 1.82) is 0 Å². The van der Waals surface area contributed by atoms with Crippen molar-refractivity contribution >= 4 is 11.5 Å². The SMILES string of the molecule is CCCc1nc(NCc2ccncc2)c([N+](=O)[O-])c(OC)n1. The van der Waals surface area contributed by atoms with Crippen LogP contribution in [0.15, 0.2) is 24.5 Å². The highest BCUT2D eigenvalue weighted by Gasteiger charge is 2.25. The maximum absolute atomic E-state index is 11.3. The number of hydrogen-bond donors (Lipinski definition) is 1. The molecule has 8 nitrogen and oxygen atoms in total. The Morgan fingerprint density at radius 3 is 2.64 bits per heavy atom. The van der Waals surface area contributed by atoms with E-state index < -0.39 is 4.92 Å². The summed E-state index contributed by atoms with van der Waals surface area (Å²) >= 11 is 0. The van der Waals surface area contributed by atoms with Gasteiger partial charge >= 0.3 is 5.69 Å². The lowest BCUT2D eigenvalue weighted by molar-refractivity contribution is -0.385. The van der Waals surface area contributed by atoms with Crippen LogP contribution in [-0.2, 0) is 13.0 Å².